The molecule has 1 fully saturated rings. The first kappa shape index (κ1) is 12.8. The Morgan fingerprint density at radius 2 is 1.95 bits per heavy atom. The number of anilines is 3. The van der Waals surface area contributed by atoms with E-state index in [1.54, 1.807) is 12.1 Å². The Morgan fingerprint density at radius 1 is 1.20 bits per heavy atom. The minimum Gasteiger partial charge on any atom is -0.338 e. The lowest BCUT2D eigenvalue weighted by atomic mass is 10.2. The van der Waals surface area contributed by atoms with Crippen molar-refractivity contribution in [1.29, 1.82) is 0 Å². The quantitative estimate of drug-likeness (QED) is 0.590. The summed E-state index contributed by atoms with van der Waals surface area (Å²) in [4.78, 5) is 8.73. The first-order valence-corrected chi connectivity index (χ1v) is 6.54. The summed E-state index contributed by atoms with van der Waals surface area (Å²) >= 11 is 0. The van der Waals surface area contributed by atoms with Crippen LogP contribution in [0.1, 0.15) is 30.1 Å². The van der Waals surface area contributed by atoms with E-state index in [-0.39, 0.29) is 5.82 Å². The molecule has 0 unspecified atom stereocenters. The summed E-state index contributed by atoms with van der Waals surface area (Å²) < 4.78 is 13.8. The van der Waals surface area contributed by atoms with Crippen LogP contribution < -0.4 is 16.6 Å². The summed E-state index contributed by atoms with van der Waals surface area (Å²) in [6, 6.07) is 6.67. The maximum absolute atomic E-state index is 13.8. The van der Waals surface area contributed by atoms with E-state index in [1.807, 2.05) is 13.0 Å². The Bertz CT molecular complexity index is 639. The van der Waals surface area contributed by atoms with E-state index < -0.39 is 0 Å². The molecule has 0 saturated heterocycles. The molecule has 1 aliphatic rings. The predicted molar refractivity (Wildman–Crippen MR) is 76.2 cm³/mol. The van der Waals surface area contributed by atoms with Crippen molar-refractivity contribution in [3.05, 3.63) is 41.5 Å². The van der Waals surface area contributed by atoms with Crippen molar-refractivity contribution in [2.75, 3.05) is 10.7 Å². The standard InChI is InChI=1S/C14H16FN5/c1-8-2-5-11(10(15)6-8)17-12-7-13(20-16)19-14(18-12)9-3-4-9/h2,5-7,9H,3-4,16H2,1H3,(H2,17,18,19,20). The van der Waals surface area contributed by atoms with Gasteiger partial charge in [0.2, 0.25) is 0 Å². The highest BCUT2D eigenvalue weighted by atomic mass is 19.1. The third-order valence-electron chi connectivity index (χ3n) is 3.22. The second-order valence-electron chi connectivity index (χ2n) is 5.02. The third kappa shape index (κ3) is 2.70. The molecule has 104 valence electrons. The number of hydrogen-bond acceptors (Lipinski definition) is 5. The lowest BCUT2D eigenvalue weighted by Gasteiger charge is -2.10. The van der Waals surface area contributed by atoms with Gasteiger partial charge in [0.05, 0.1) is 5.69 Å². The van der Waals surface area contributed by atoms with Crippen molar-refractivity contribution >= 4 is 17.3 Å². The van der Waals surface area contributed by atoms with Gasteiger partial charge in [0, 0.05) is 12.0 Å². The first-order valence-electron chi connectivity index (χ1n) is 6.54. The normalized spacial score (nSPS) is 14.2. The van der Waals surface area contributed by atoms with E-state index in [1.165, 1.54) is 6.07 Å². The molecule has 4 N–H and O–H groups in total. The number of hydrazine groups is 1. The van der Waals surface area contributed by atoms with Gasteiger partial charge >= 0.3 is 0 Å². The SMILES string of the molecule is Cc1ccc(Nc2cc(NN)nc(C3CC3)n2)c(F)c1. The summed E-state index contributed by atoms with van der Waals surface area (Å²) in [5.41, 5.74) is 3.78. The van der Waals surface area contributed by atoms with E-state index in [0.717, 1.165) is 24.2 Å². The molecule has 0 amide bonds. The van der Waals surface area contributed by atoms with Gasteiger partial charge in [-0.2, -0.15) is 0 Å². The zero-order valence-electron chi connectivity index (χ0n) is 11.2. The van der Waals surface area contributed by atoms with E-state index in [9.17, 15) is 4.39 Å². The molecule has 3 rings (SSSR count). The maximum Gasteiger partial charge on any atom is 0.146 e. The summed E-state index contributed by atoms with van der Waals surface area (Å²) in [6.45, 7) is 1.85. The first-order chi connectivity index (χ1) is 9.65. The van der Waals surface area contributed by atoms with Gasteiger partial charge in [-0.15, -0.1) is 0 Å². The Morgan fingerprint density at radius 3 is 2.60 bits per heavy atom. The lowest BCUT2D eigenvalue weighted by molar-refractivity contribution is 0.630. The molecule has 1 heterocycles. The lowest BCUT2D eigenvalue weighted by Crippen LogP contribution is -2.11. The fraction of sp³-hybridized carbons (Fsp3) is 0.286. The number of aromatic nitrogens is 2. The summed E-state index contributed by atoms with van der Waals surface area (Å²) in [6.07, 6.45) is 2.18. The number of nitrogen functional groups attached to an aromatic ring is 1. The molecule has 0 spiro atoms. The molecule has 0 bridgehead atoms. The number of benzene rings is 1. The molecule has 1 aromatic heterocycles. The maximum atomic E-state index is 13.8. The average molecular weight is 273 g/mol. The van der Waals surface area contributed by atoms with Crippen LogP contribution >= 0.6 is 0 Å². The van der Waals surface area contributed by atoms with E-state index in [0.29, 0.717) is 23.2 Å². The van der Waals surface area contributed by atoms with Gasteiger partial charge in [0.15, 0.2) is 0 Å². The zero-order valence-corrected chi connectivity index (χ0v) is 11.2. The summed E-state index contributed by atoms with van der Waals surface area (Å²) in [5.74, 6) is 7.31. The number of halogens is 1. The van der Waals surface area contributed by atoms with Crippen LogP contribution in [0.15, 0.2) is 24.3 Å². The fourth-order valence-corrected chi connectivity index (χ4v) is 1.99. The van der Waals surface area contributed by atoms with Crippen molar-refractivity contribution in [1.82, 2.24) is 9.97 Å². The van der Waals surface area contributed by atoms with E-state index in [2.05, 4.69) is 20.7 Å². The van der Waals surface area contributed by atoms with Crippen LogP contribution in [-0.2, 0) is 0 Å². The van der Waals surface area contributed by atoms with Crippen LogP contribution in [0.5, 0.6) is 0 Å². The van der Waals surface area contributed by atoms with Crippen LogP contribution in [0.2, 0.25) is 0 Å². The highest BCUT2D eigenvalue weighted by molar-refractivity contribution is 5.60. The summed E-state index contributed by atoms with van der Waals surface area (Å²) in [5, 5.41) is 2.98. The second kappa shape index (κ2) is 5.05. The number of hydrogen-bond donors (Lipinski definition) is 3. The van der Waals surface area contributed by atoms with Crippen molar-refractivity contribution < 1.29 is 4.39 Å². The Hall–Kier alpha value is -2.21. The molecule has 2 aromatic rings. The van der Waals surface area contributed by atoms with E-state index >= 15 is 0 Å². The highest BCUT2D eigenvalue weighted by Gasteiger charge is 2.27. The highest BCUT2D eigenvalue weighted by Crippen LogP contribution is 2.39. The Kier molecular flexibility index (Phi) is 3.23. The predicted octanol–water partition coefficient (Wildman–Crippen LogP) is 2.83. The van der Waals surface area contributed by atoms with Crippen LogP contribution in [0.25, 0.3) is 0 Å². The van der Waals surface area contributed by atoms with Crippen LogP contribution in [0.3, 0.4) is 0 Å². The number of rotatable bonds is 4. The minimum atomic E-state index is -0.307. The number of aryl methyl sites for hydroxylation is 1. The molecule has 0 aliphatic heterocycles. The second-order valence-corrected chi connectivity index (χ2v) is 5.02. The minimum absolute atomic E-state index is 0.307. The van der Waals surface area contributed by atoms with E-state index in [4.69, 9.17) is 5.84 Å². The van der Waals surface area contributed by atoms with Crippen LogP contribution in [0.4, 0.5) is 21.7 Å². The van der Waals surface area contributed by atoms with Crippen molar-refractivity contribution in [3.8, 4) is 0 Å². The molecular formula is C14H16FN5. The van der Waals surface area contributed by atoms with Crippen molar-refractivity contribution in [2.45, 2.75) is 25.7 Å². The molecular weight excluding hydrogens is 257 g/mol. The Labute approximate surface area is 116 Å². The van der Waals surface area contributed by atoms with Gasteiger partial charge in [0.25, 0.3) is 0 Å². The summed E-state index contributed by atoms with van der Waals surface area (Å²) in [7, 11) is 0. The molecule has 5 nitrogen and oxygen atoms in total. The number of nitrogens with zero attached hydrogens (tertiary/aromatic N) is 2. The number of nitrogens with one attached hydrogen (secondary N) is 2. The molecule has 1 aliphatic carbocycles. The van der Waals surface area contributed by atoms with Gasteiger partial charge in [-0.1, -0.05) is 6.07 Å². The van der Waals surface area contributed by atoms with Gasteiger partial charge in [-0.3, -0.25) is 0 Å². The number of nitrogens with two attached hydrogens (primary N) is 1. The molecule has 6 heteroatoms. The van der Waals surface area contributed by atoms with Gasteiger partial charge < -0.3 is 10.7 Å². The smallest absolute Gasteiger partial charge is 0.146 e. The van der Waals surface area contributed by atoms with Gasteiger partial charge in [-0.05, 0) is 37.5 Å². The topological polar surface area (TPSA) is 75.9 Å². The van der Waals surface area contributed by atoms with Crippen LogP contribution in [-0.4, -0.2) is 9.97 Å². The molecule has 20 heavy (non-hydrogen) atoms. The van der Waals surface area contributed by atoms with Crippen LogP contribution in [0, 0.1) is 12.7 Å². The molecule has 1 aromatic carbocycles. The zero-order chi connectivity index (χ0) is 14.1. The fourth-order valence-electron chi connectivity index (χ4n) is 1.99. The van der Waals surface area contributed by atoms with Gasteiger partial charge in [0.1, 0.15) is 23.3 Å². The van der Waals surface area contributed by atoms with Crippen molar-refractivity contribution in [3.63, 3.8) is 0 Å². The largest absolute Gasteiger partial charge is 0.338 e. The molecule has 0 atom stereocenters. The third-order valence-corrected chi connectivity index (χ3v) is 3.22. The van der Waals surface area contributed by atoms with Crippen molar-refractivity contribution in [2.24, 2.45) is 5.84 Å². The average Bonchev–Trinajstić information content (AvgIpc) is 3.26. The molecule has 0 radical (unpaired) electrons. The monoisotopic (exact) mass is 273 g/mol. The molecule has 1 saturated carbocycles. The van der Waals surface area contributed by atoms with Gasteiger partial charge in [-0.25, -0.2) is 20.2 Å². The Balaban J connectivity index is 1.91.